The molecule has 1 aliphatic heterocycles. The van der Waals surface area contributed by atoms with Gasteiger partial charge in [0, 0.05) is 22.5 Å². The Balaban J connectivity index is 1.89. The summed E-state index contributed by atoms with van der Waals surface area (Å²) in [6.45, 7) is 1.18. The van der Waals surface area contributed by atoms with Crippen LogP contribution in [0.25, 0.3) is 0 Å². The molecule has 0 aliphatic carbocycles. The highest BCUT2D eigenvalue weighted by Gasteiger charge is 2.26. The van der Waals surface area contributed by atoms with Crippen LogP contribution in [0.2, 0.25) is 0 Å². The number of thioether (sulfide) groups is 1. The summed E-state index contributed by atoms with van der Waals surface area (Å²) in [5, 5.41) is 0. The molecule has 2 rings (SSSR count). The van der Waals surface area contributed by atoms with Gasteiger partial charge in [0.2, 0.25) is 11.8 Å². The first-order chi connectivity index (χ1) is 9.58. The Morgan fingerprint density at radius 2 is 2.15 bits per heavy atom. The van der Waals surface area contributed by atoms with Crippen LogP contribution in [0.4, 0.5) is 0 Å². The molecule has 1 saturated heterocycles. The number of amides is 2. The number of primary amides is 1. The van der Waals surface area contributed by atoms with Crippen LogP contribution < -0.4 is 5.73 Å². The zero-order valence-corrected chi connectivity index (χ0v) is 13.5. The van der Waals surface area contributed by atoms with Gasteiger partial charge in [-0.05, 0) is 40.9 Å². The molecule has 1 aromatic rings. The van der Waals surface area contributed by atoms with Crippen LogP contribution in [-0.2, 0) is 9.59 Å². The van der Waals surface area contributed by atoms with E-state index >= 15 is 0 Å². The summed E-state index contributed by atoms with van der Waals surface area (Å²) in [5.41, 5.74) is 5.33. The maximum Gasteiger partial charge on any atom is 0.232 e. The number of hydrogen-bond acceptors (Lipinski definition) is 3. The number of carbonyl (C=O) groups is 2. The third-order valence-electron chi connectivity index (χ3n) is 3.36. The lowest BCUT2D eigenvalue weighted by atomic mass is 9.97. The standard InChI is InChI=1S/C14H17BrN2O2S/c15-11-5-1-2-6-12(11)20-9-13(18)17-7-3-4-10(8-17)14(16)19/h1-2,5-6,10H,3-4,7-9H2,(H2,16,19). The smallest absolute Gasteiger partial charge is 0.232 e. The lowest BCUT2D eigenvalue weighted by Gasteiger charge is -2.31. The number of benzene rings is 1. The predicted molar refractivity (Wildman–Crippen MR) is 83.4 cm³/mol. The second-order valence-electron chi connectivity index (χ2n) is 4.80. The Labute approximate surface area is 131 Å². The molecule has 6 heteroatoms. The van der Waals surface area contributed by atoms with Gasteiger partial charge in [0.05, 0.1) is 11.7 Å². The molecule has 1 unspecified atom stereocenters. The molecule has 1 heterocycles. The third kappa shape index (κ3) is 3.99. The fourth-order valence-corrected chi connectivity index (χ4v) is 3.70. The van der Waals surface area contributed by atoms with E-state index in [1.807, 2.05) is 24.3 Å². The van der Waals surface area contributed by atoms with Crippen LogP contribution in [0.3, 0.4) is 0 Å². The molecule has 0 aromatic heterocycles. The van der Waals surface area contributed by atoms with E-state index in [0.717, 1.165) is 28.8 Å². The van der Waals surface area contributed by atoms with Gasteiger partial charge >= 0.3 is 0 Å². The number of nitrogens with two attached hydrogens (primary N) is 1. The number of halogens is 1. The van der Waals surface area contributed by atoms with E-state index < -0.39 is 0 Å². The summed E-state index contributed by atoms with van der Waals surface area (Å²) in [6.07, 6.45) is 1.63. The Morgan fingerprint density at radius 1 is 1.40 bits per heavy atom. The molecular weight excluding hydrogens is 340 g/mol. The fraction of sp³-hybridized carbons (Fsp3) is 0.429. The van der Waals surface area contributed by atoms with Crippen molar-refractivity contribution in [2.45, 2.75) is 17.7 Å². The van der Waals surface area contributed by atoms with E-state index in [0.29, 0.717) is 12.3 Å². The number of nitrogens with zero attached hydrogens (tertiary/aromatic N) is 1. The van der Waals surface area contributed by atoms with Gasteiger partial charge in [-0.2, -0.15) is 0 Å². The van der Waals surface area contributed by atoms with Gasteiger partial charge in [-0.1, -0.05) is 12.1 Å². The van der Waals surface area contributed by atoms with E-state index in [-0.39, 0.29) is 17.7 Å². The Bertz CT molecular complexity index is 510. The van der Waals surface area contributed by atoms with E-state index in [4.69, 9.17) is 5.73 Å². The van der Waals surface area contributed by atoms with Gasteiger partial charge in [0.25, 0.3) is 0 Å². The van der Waals surface area contributed by atoms with Crippen LogP contribution >= 0.6 is 27.7 Å². The first-order valence-corrected chi connectivity index (χ1v) is 8.30. The van der Waals surface area contributed by atoms with Gasteiger partial charge in [0.1, 0.15) is 0 Å². The minimum Gasteiger partial charge on any atom is -0.369 e. The van der Waals surface area contributed by atoms with Gasteiger partial charge in [-0.25, -0.2) is 0 Å². The molecule has 0 radical (unpaired) electrons. The maximum atomic E-state index is 12.2. The summed E-state index contributed by atoms with van der Waals surface area (Å²) in [7, 11) is 0. The summed E-state index contributed by atoms with van der Waals surface area (Å²) in [6, 6.07) is 7.82. The van der Waals surface area contributed by atoms with Crippen LogP contribution in [-0.4, -0.2) is 35.6 Å². The minimum atomic E-state index is -0.305. The Hall–Kier alpha value is -1.01. The van der Waals surface area contributed by atoms with Crippen molar-refractivity contribution >= 4 is 39.5 Å². The number of piperidine rings is 1. The molecule has 1 atom stereocenters. The van der Waals surface area contributed by atoms with E-state index in [1.165, 1.54) is 11.8 Å². The highest BCUT2D eigenvalue weighted by Crippen LogP contribution is 2.27. The normalized spacial score (nSPS) is 18.9. The van der Waals surface area contributed by atoms with E-state index in [1.54, 1.807) is 4.90 Å². The van der Waals surface area contributed by atoms with Crippen molar-refractivity contribution in [3.63, 3.8) is 0 Å². The lowest BCUT2D eigenvalue weighted by molar-refractivity contribution is -0.132. The van der Waals surface area contributed by atoms with Gasteiger partial charge < -0.3 is 10.6 Å². The van der Waals surface area contributed by atoms with Crippen LogP contribution in [0, 0.1) is 5.92 Å². The highest BCUT2D eigenvalue weighted by atomic mass is 79.9. The predicted octanol–water partition coefficient (Wildman–Crippen LogP) is 2.27. The monoisotopic (exact) mass is 356 g/mol. The number of hydrogen-bond donors (Lipinski definition) is 1. The van der Waals surface area contributed by atoms with Crippen molar-refractivity contribution in [2.24, 2.45) is 11.7 Å². The zero-order valence-electron chi connectivity index (χ0n) is 11.0. The fourth-order valence-electron chi connectivity index (χ4n) is 2.23. The molecule has 4 nitrogen and oxygen atoms in total. The van der Waals surface area contributed by atoms with Crippen LogP contribution in [0.1, 0.15) is 12.8 Å². The molecule has 0 bridgehead atoms. The van der Waals surface area contributed by atoms with Crippen molar-refractivity contribution in [1.29, 1.82) is 0 Å². The van der Waals surface area contributed by atoms with Crippen molar-refractivity contribution in [2.75, 3.05) is 18.8 Å². The second kappa shape index (κ2) is 7.13. The SMILES string of the molecule is NC(=O)C1CCCN(C(=O)CSc2ccccc2Br)C1. The Kier molecular flexibility index (Phi) is 5.48. The molecule has 1 aliphatic rings. The largest absolute Gasteiger partial charge is 0.369 e. The Morgan fingerprint density at radius 3 is 2.85 bits per heavy atom. The quantitative estimate of drug-likeness (QED) is 0.841. The second-order valence-corrected chi connectivity index (χ2v) is 6.67. The van der Waals surface area contributed by atoms with Crippen molar-refractivity contribution in [1.82, 2.24) is 4.90 Å². The third-order valence-corrected chi connectivity index (χ3v) is 5.38. The number of rotatable bonds is 4. The molecule has 108 valence electrons. The molecule has 1 fully saturated rings. The average Bonchev–Trinajstić information content (AvgIpc) is 2.46. The molecule has 2 N–H and O–H groups in total. The summed E-state index contributed by atoms with van der Waals surface area (Å²) in [4.78, 5) is 26.2. The van der Waals surface area contributed by atoms with Crippen molar-refractivity contribution in [3.05, 3.63) is 28.7 Å². The van der Waals surface area contributed by atoms with E-state index in [2.05, 4.69) is 15.9 Å². The zero-order chi connectivity index (χ0) is 14.5. The first-order valence-electron chi connectivity index (χ1n) is 6.52. The minimum absolute atomic E-state index is 0.0664. The molecule has 0 saturated carbocycles. The van der Waals surface area contributed by atoms with E-state index in [9.17, 15) is 9.59 Å². The molecule has 20 heavy (non-hydrogen) atoms. The molecule has 1 aromatic carbocycles. The summed E-state index contributed by atoms with van der Waals surface area (Å²) >= 11 is 4.97. The van der Waals surface area contributed by atoms with Crippen molar-refractivity contribution < 1.29 is 9.59 Å². The first kappa shape index (κ1) is 15.4. The molecule has 2 amide bonds. The summed E-state index contributed by atoms with van der Waals surface area (Å²) < 4.78 is 0.992. The number of likely N-dealkylation sites (tertiary alicyclic amines) is 1. The van der Waals surface area contributed by atoms with Gasteiger partial charge in [-0.15, -0.1) is 11.8 Å². The van der Waals surface area contributed by atoms with Crippen LogP contribution in [0.15, 0.2) is 33.6 Å². The highest BCUT2D eigenvalue weighted by molar-refractivity contribution is 9.10. The summed E-state index contributed by atoms with van der Waals surface area (Å²) in [5.74, 6) is -0.0486. The number of carbonyl (C=O) groups excluding carboxylic acids is 2. The molecule has 0 spiro atoms. The van der Waals surface area contributed by atoms with Crippen LogP contribution in [0.5, 0.6) is 0 Å². The average molecular weight is 357 g/mol. The molecular formula is C14H17BrN2O2S. The lowest BCUT2D eigenvalue weighted by Crippen LogP contribution is -2.44. The maximum absolute atomic E-state index is 12.2. The topological polar surface area (TPSA) is 63.4 Å². The van der Waals surface area contributed by atoms with Gasteiger partial charge in [-0.3, -0.25) is 9.59 Å². The van der Waals surface area contributed by atoms with Crippen molar-refractivity contribution in [3.8, 4) is 0 Å². The van der Waals surface area contributed by atoms with Gasteiger partial charge in [0.15, 0.2) is 0 Å².